The molecule has 2 aromatic heterocycles. The first-order chi connectivity index (χ1) is 19.7. The van der Waals surface area contributed by atoms with Crippen LogP contribution in [0, 0.1) is 0 Å². The third kappa shape index (κ3) is 5.98. The van der Waals surface area contributed by atoms with Crippen LogP contribution in [0.3, 0.4) is 0 Å². The van der Waals surface area contributed by atoms with E-state index in [9.17, 15) is 18.0 Å². The summed E-state index contributed by atoms with van der Waals surface area (Å²) in [4.78, 5) is 38.7. The van der Waals surface area contributed by atoms with Crippen LogP contribution in [0.1, 0.15) is 44.2 Å². The van der Waals surface area contributed by atoms with Crippen molar-refractivity contribution in [2.24, 2.45) is 0 Å². The summed E-state index contributed by atoms with van der Waals surface area (Å²) in [5, 5.41) is 1.71. The van der Waals surface area contributed by atoms with E-state index < -0.39 is 34.0 Å². The van der Waals surface area contributed by atoms with Crippen LogP contribution in [0.15, 0.2) is 47.6 Å². The van der Waals surface area contributed by atoms with Gasteiger partial charge in [0.05, 0.1) is 6.61 Å². The molecule has 3 N–H and O–H groups in total. The highest BCUT2D eigenvalue weighted by atomic mass is 32.2. The van der Waals surface area contributed by atoms with Crippen LogP contribution >= 0.6 is 0 Å². The number of carbonyl (C=O) groups excluding carboxylic acids is 2. The molecule has 4 heterocycles. The van der Waals surface area contributed by atoms with Crippen LogP contribution < -0.4 is 15.4 Å². The predicted molar refractivity (Wildman–Crippen MR) is 156 cm³/mol. The number of sulfonamides is 1. The predicted octanol–water partition coefficient (Wildman–Crippen LogP) is 2.43. The molecule has 11 nitrogen and oxygen atoms in total. The molecule has 0 aliphatic carbocycles. The van der Waals surface area contributed by atoms with Crippen LogP contribution in [0.4, 0.5) is 11.6 Å². The molecule has 2 atom stereocenters. The van der Waals surface area contributed by atoms with Gasteiger partial charge in [0.1, 0.15) is 28.6 Å². The second kappa shape index (κ2) is 12.0. The van der Waals surface area contributed by atoms with Crippen molar-refractivity contribution >= 4 is 44.3 Å². The fourth-order valence-electron chi connectivity index (χ4n) is 5.66. The summed E-state index contributed by atoms with van der Waals surface area (Å²) in [6.07, 6.45) is 6.28. The van der Waals surface area contributed by atoms with Gasteiger partial charge in [-0.2, -0.15) is 4.72 Å². The number of fused-ring (bicyclic) bond motifs is 1. The first-order valence-corrected chi connectivity index (χ1v) is 15.6. The molecule has 3 aromatic rings. The van der Waals surface area contributed by atoms with Gasteiger partial charge in [0.25, 0.3) is 0 Å². The summed E-state index contributed by atoms with van der Waals surface area (Å²) in [5.41, 5.74) is 7.96. The number of nitrogens with two attached hydrogens (primary N) is 1. The second-order valence-electron chi connectivity index (χ2n) is 10.4. The van der Waals surface area contributed by atoms with Crippen molar-refractivity contribution in [3.63, 3.8) is 0 Å². The standard InChI is InChI=1S/C29H36N6O5S/c1-3-19-16-23-20(9-11-31-27(23)30)15-21(19)17-25(29(37)40-4-2)35-14-10-24(28(35)36)33-41(38,39)22-7-8-26(32-18-22)34-12-5-6-13-34/h7-9,11,15-16,18,24-25,33H,3-6,10,12-14,17H2,1-2H3,(H2,30,31)/t24-,25+/m0/s1. The minimum absolute atomic E-state index is 0.00819. The molecule has 1 amide bonds. The fraction of sp³-hybridized carbons (Fsp3) is 0.448. The zero-order valence-corrected chi connectivity index (χ0v) is 24.2. The largest absolute Gasteiger partial charge is 0.464 e. The molecule has 0 unspecified atom stereocenters. The molecule has 0 spiro atoms. The molecule has 2 fully saturated rings. The average molecular weight is 581 g/mol. The number of carbonyl (C=O) groups is 2. The van der Waals surface area contributed by atoms with Gasteiger partial charge in [-0.15, -0.1) is 0 Å². The van der Waals surface area contributed by atoms with Crippen molar-refractivity contribution in [2.75, 3.05) is 36.9 Å². The molecular weight excluding hydrogens is 544 g/mol. The number of aryl methyl sites for hydroxylation is 1. The van der Waals surface area contributed by atoms with Crippen molar-refractivity contribution in [3.05, 3.63) is 53.9 Å². The second-order valence-corrected chi connectivity index (χ2v) is 12.1. The number of hydrogen-bond donors (Lipinski definition) is 2. The van der Waals surface area contributed by atoms with E-state index in [0.29, 0.717) is 12.2 Å². The van der Waals surface area contributed by atoms with Gasteiger partial charge < -0.3 is 20.3 Å². The Hall–Kier alpha value is -3.77. The molecule has 218 valence electrons. The topological polar surface area (TPSA) is 148 Å². The maximum absolute atomic E-state index is 13.5. The number of pyridine rings is 2. The van der Waals surface area contributed by atoms with Gasteiger partial charge in [-0.1, -0.05) is 13.0 Å². The van der Waals surface area contributed by atoms with Gasteiger partial charge in [0, 0.05) is 43.8 Å². The van der Waals surface area contributed by atoms with Gasteiger partial charge >= 0.3 is 5.97 Å². The SMILES string of the molecule is CCOC(=O)[C@@H](Cc1cc2ccnc(N)c2cc1CC)N1CC[C@H](NS(=O)(=O)c2ccc(N3CCCC3)nc2)C1=O. The molecule has 1 aromatic carbocycles. The molecule has 41 heavy (non-hydrogen) atoms. The lowest BCUT2D eigenvalue weighted by atomic mass is 9.94. The summed E-state index contributed by atoms with van der Waals surface area (Å²) in [6, 6.07) is 7.10. The number of nitrogens with zero attached hydrogens (tertiary/aromatic N) is 4. The number of ether oxygens (including phenoxy) is 1. The molecular formula is C29H36N6O5S. The molecule has 0 bridgehead atoms. The van der Waals surface area contributed by atoms with Crippen molar-refractivity contribution < 1.29 is 22.7 Å². The van der Waals surface area contributed by atoms with Gasteiger partial charge in [-0.05, 0) is 73.4 Å². The molecule has 2 saturated heterocycles. The van der Waals surface area contributed by atoms with Gasteiger partial charge in [-0.25, -0.2) is 23.2 Å². The maximum atomic E-state index is 13.5. The lowest BCUT2D eigenvalue weighted by Crippen LogP contribution is -2.48. The first kappa shape index (κ1) is 28.7. The minimum Gasteiger partial charge on any atom is -0.464 e. The summed E-state index contributed by atoms with van der Waals surface area (Å²) >= 11 is 0. The molecule has 2 aliphatic rings. The first-order valence-electron chi connectivity index (χ1n) is 14.1. The Morgan fingerprint density at radius 3 is 2.59 bits per heavy atom. The van der Waals surface area contributed by atoms with Crippen LogP contribution in [0.5, 0.6) is 0 Å². The third-order valence-electron chi connectivity index (χ3n) is 7.84. The van der Waals surface area contributed by atoms with Crippen LogP contribution in [-0.4, -0.2) is 73.5 Å². The number of nitrogen functional groups attached to an aromatic ring is 1. The van der Waals surface area contributed by atoms with Gasteiger partial charge in [-0.3, -0.25) is 4.79 Å². The average Bonchev–Trinajstić information content (AvgIpc) is 3.62. The minimum atomic E-state index is -4.01. The summed E-state index contributed by atoms with van der Waals surface area (Å²) in [7, 11) is -4.01. The van der Waals surface area contributed by atoms with Crippen molar-refractivity contribution in [2.45, 2.75) is 62.9 Å². The highest BCUT2D eigenvalue weighted by molar-refractivity contribution is 7.89. The molecule has 0 radical (unpaired) electrons. The summed E-state index contributed by atoms with van der Waals surface area (Å²) in [6.45, 7) is 5.89. The normalized spacial score (nSPS) is 18.3. The number of amides is 1. The lowest BCUT2D eigenvalue weighted by Gasteiger charge is -2.27. The maximum Gasteiger partial charge on any atom is 0.329 e. The number of esters is 1. The number of anilines is 2. The smallest absolute Gasteiger partial charge is 0.329 e. The molecule has 2 aliphatic heterocycles. The van der Waals surface area contributed by atoms with Crippen LogP contribution in [0.2, 0.25) is 0 Å². The summed E-state index contributed by atoms with van der Waals surface area (Å²) < 4.78 is 34.2. The van der Waals surface area contributed by atoms with E-state index in [1.54, 1.807) is 19.2 Å². The van der Waals surface area contributed by atoms with Crippen molar-refractivity contribution in [3.8, 4) is 0 Å². The molecule has 0 saturated carbocycles. The Morgan fingerprint density at radius 2 is 1.90 bits per heavy atom. The monoisotopic (exact) mass is 580 g/mol. The number of benzene rings is 1. The zero-order chi connectivity index (χ0) is 29.1. The Labute approximate surface area is 240 Å². The third-order valence-corrected chi connectivity index (χ3v) is 9.30. The lowest BCUT2D eigenvalue weighted by molar-refractivity contribution is -0.153. The van der Waals surface area contributed by atoms with Gasteiger partial charge in [0.2, 0.25) is 15.9 Å². The van der Waals surface area contributed by atoms with Crippen molar-refractivity contribution in [1.29, 1.82) is 0 Å². The number of likely N-dealkylation sites (tertiary alicyclic amines) is 1. The Balaban J connectivity index is 1.35. The molecule has 5 rings (SSSR count). The van der Waals surface area contributed by atoms with E-state index in [2.05, 4.69) is 19.6 Å². The van der Waals surface area contributed by atoms with E-state index >= 15 is 0 Å². The Kier molecular flexibility index (Phi) is 8.41. The van der Waals surface area contributed by atoms with E-state index in [4.69, 9.17) is 10.5 Å². The fourth-order valence-corrected chi connectivity index (χ4v) is 6.83. The number of hydrogen-bond acceptors (Lipinski definition) is 9. The van der Waals surface area contributed by atoms with E-state index in [1.807, 2.05) is 25.1 Å². The van der Waals surface area contributed by atoms with Gasteiger partial charge in [0.15, 0.2) is 0 Å². The number of aromatic nitrogens is 2. The Morgan fingerprint density at radius 1 is 1.12 bits per heavy atom. The number of nitrogens with one attached hydrogen (secondary N) is 1. The zero-order valence-electron chi connectivity index (χ0n) is 23.4. The molecule has 12 heteroatoms. The van der Waals surface area contributed by atoms with E-state index in [-0.39, 0.29) is 30.9 Å². The highest BCUT2D eigenvalue weighted by Crippen LogP contribution is 2.28. The quantitative estimate of drug-likeness (QED) is 0.345. The van der Waals surface area contributed by atoms with Crippen molar-refractivity contribution in [1.82, 2.24) is 19.6 Å². The number of rotatable bonds is 10. The van der Waals surface area contributed by atoms with E-state index in [0.717, 1.165) is 53.6 Å². The van der Waals surface area contributed by atoms with E-state index in [1.165, 1.54) is 17.2 Å². The Bertz CT molecular complexity index is 1540. The van der Waals surface area contributed by atoms with Crippen LogP contribution in [0.25, 0.3) is 10.8 Å². The summed E-state index contributed by atoms with van der Waals surface area (Å²) in [5.74, 6) is 0.181. The van der Waals surface area contributed by atoms with Crippen LogP contribution in [-0.2, 0) is 37.2 Å². The highest BCUT2D eigenvalue weighted by Gasteiger charge is 2.41.